The number of phosphoric ester groups is 1. The van der Waals surface area contributed by atoms with E-state index in [1.54, 1.807) is 47.6 Å². The Bertz CT molecular complexity index is 853. The highest BCUT2D eigenvalue weighted by Gasteiger charge is 2.39. The fourth-order valence-electron chi connectivity index (χ4n) is 3.54. The van der Waals surface area contributed by atoms with Gasteiger partial charge in [-0.05, 0) is 105 Å². The van der Waals surface area contributed by atoms with Crippen LogP contribution in [0.2, 0.25) is 0 Å². The number of rotatable bonds is 10. The number of carbonyl (C=O) groups excluding carboxylic acids is 1. The second-order valence-corrected chi connectivity index (χ2v) is 13.3. The highest BCUT2D eigenvalue weighted by Crippen LogP contribution is 2.56. The van der Waals surface area contributed by atoms with Gasteiger partial charge in [0.1, 0.15) is 11.4 Å². The molecule has 0 spiro atoms. The summed E-state index contributed by atoms with van der Waals surface area (Å²) in [6.07, 6.45) is 1.27. The summed E-state index contributed by atoms with van der Waals surface area (Å²) in [6, 6.07) is 3.70. The van der Waals surface area contributed by atoms with Crippen LogP contribution in [0.3, 0.4) is 0 Å². The van der Waals surface area contributed by atoms with E-state index in [2.05, 4.69) is 0 Å². The Morgan fingerprint density at radius 3 is 1.94 bits per heavy atom. The van der Waals surface area contributed by atoms with E-state index in [1.807, 2.05) is 40.7 Å². The highest BCUT2D eigenvalue weighted by molar-refractivity contribution is 7.49. The van der Waals surface area contributed by atoms with Gasteiger partial charge in [0, 0.05) is 12.2 Å². The van der Waals surface area contributed by atoms with Crippen LogP contribution in [0.4, 0.5) is 0 Å². The summed E-state index contributed by atoms with van der Waals surface area (Å²) in [5.41, 5.74) is 0.122. The molecule has 0 heterocycles. The third-order valence-electron chi connectivity index (χ3n) is 4.40. The molecule has 8 heteroatoms. The Balaban J connectivity index is 3.59. The van der Waals surface area contributed by atoms with Gasteiger partial charge >= 0.3 is 13.8 Å². The van der Waals surface area contributed by atoms with Gasteiger partial charge in [0.25, 0.3) is 0 Å². The van der Waals surface area contributed by atoms with Crippen molar-refractivity contribution in [1.82, 2.24) is 0 Å². The summed E-state index contributed by atoms with van der Waals surface area (Å²) in [6.45, 7) is 20.1. The monoisotopic (exact) mass is 500 g/mol. The van der Waals surface area contributed by atoms with Crippen LogP contribution in [0.25, 0.3) is 0 Å². The fraction of sp³-hybridized carbons (Fsp3) is 0.731. The van der Waals surface area contributed by atoms with Gasteiger partial charge in [-0.2, -0.15) is 0 Å². The Morgan fingerprint density at radius 2 is 1.50 bits per heavy atom. The second-order valence-electron chi connectivity index (χ2n) is 11.8. The van der Waals surface area contributed by atoms with E-state index in [9.17, 15) is 14.5 Å². The number of benzene rings is 1. The Labute approximate surface area is 206 Å². The molecule has 0 aliphatic rings. The maximum atomic E-state index is 13.8. The zero-order chi connectivity index (χ0) is 26.5. The molecular weight excluding hydrogens is 455 g/mol. The summed E-state index contributed by atoms with van der Waals surface area (Å²) in [4.78, 5) is 12.7. The maximum absolute atomic E-state index is 13.8. The molecule has 0 amide bonds. The minimum Gasteiger partial charge on any atom is -0.460 e. The lowest BCUT2D eigenvalue weighted by Gasteiger charge is -2.32. The molecule has 0 saturated carbocycles. The highest BCUT2D eigenvalue weighted by atomic mass is 31.2. The zero-order valence-corrected chi connectivity index (χ0v) is 23.8. The normalized spacial score (nSPS) is 14.1. The number of ether oxygens (including phenoxy) is 1. The van der Waals surface area contributed by atoms with Crippen LogP contribution >= 0.6 is 7.82 Å². The van der Waals surface area contributed by atoms with Gasteiger partial charge in [-0.1, -0.05) is 13.0 Å². The van der Waals surface area contributed by atoms with E-state index in [4.69, 9.17) is 18.3 Å². The SMILES string of the molecule is Cc1cc(CC(=O)OC(C)(C)C)c(C(C)CCCO)c(OP(=O)(OC(C)(C)C)OC(C)(C)C)c1. The van der Waals surface area contributed by atoms with Crippen molar-refractivity contribution < 1.29 is 32.8 Å². The fourth-order valence-corrected chi connectivity index (χ4v) is 5.39. The summed E-state index contributed by atoms with van der Waals surface area (Å²) in [5.74, 6) is -0.0986. The molecule has 0 aliphatic carbocycles. The van der Waals surface area contributed by atoms with Crippen LogP contribution in [0.15, 0.2) is 12.1 Å². The maximum Gasteiger partial charge on any atom is 0.531 e. The van der Waals surface area contributed by atoms with Crippen molar-refractivity contribution in [1.29, 1.82) is 0 Å². The minimum atomic E-state index is -4.05. The van der Waals surface area contributed by atoms with Gasteiger partial charge in [0.2, 0.25) is 0 Å². The minimum absolute atomic E-state index is 0.0403. The van der Waals surface area contributed by atoms with E-state index in [1.165, 1.54) is 0 Å². The number of aliphatic hydroxyl groups excluding tert-OH is 1. The van der Waals surface area contributed by atoms with Crippen molar-refractivity contribution in [2.24, 2.45) is 0 Å². The first kappa shape index (κ1) is 30.6. The molecule has 34 heavy (non-hydrogen) atoms. The van der Waals surface area contributed by atoms with E-state index in [-0.39, 0.29) is 24.9 Å². The van der Waals surface area contributed by atoms with E-state index < -0.39 is 24.6 Å². The van der Waals surface area contributed by atoms with Gasteiger partial charge in [-0.25, -0.2) is 4.57 Å². The van der Waals surface area contributed by atoms with Crippen LogP contribution in [-0.4, -0.2) is 34.5 Å². The summed E-state index contributed by atoms with van der Waals surface area (Å²) in [5, 5.41) is 9.37. The Hall–Kier alpha value is -1.40. The lowest BCUT2D eigenvalue weighted by Crippen LogP contribution is -2.26. The average molecular weight is 501 g/mol. The van der Waals surface area contributed by atoms with Crippen molar-refractivity contribution >= 4 is 13.8 Å². The summed E-state index contributed by atoms with van der Waals surface area (Å²) < 4.78 is 37.1. The summed E-state index contributed by atoms with van der Waals surface area (Å²) in [7, 11) is -4.05. The van der Waals surface area contributed by atoms with Gasteiger partial charge in [-0.15, -0.1) is 0 Å². The molecule has 0 aliphatic heterocycles. The predicted molar refractivity (Wildman–Crippen MR) is 135 cm³/mol. The molecule has 1 aromatic carbocycles. The first-order valence-corrected chi connectivity index (χ1v) is 13.4. The standard InChI is InChI=1S/C26H45O7P/c1-18-15-20(17-22(28)30-24(3,4)5)23(19(2)13-12-14-27)21(16-18)31-34(29,32-25(6,7)8)33-26(9,10)11/h15-16,19,27H,12-14,17H2,1-11H3. The third-order valence-corrected chi connectivity index (χ3v) is 6.36. The molecule has 0 bridgehead atoms. The first-order chi connectivity index (χ1) is 15.2. The van der Waals surface area contributed by atoms with E-state index >= 15 is 0 Å². The van der Waals surface area contributed by atoms with Crippen LogP contribution in [-0.2, 0) is 29.6 Å². The number of hydrogen-bond acceptors (Lipinski definition) is 7. The van der Waals surface area contributed by atoms with Crippen LogP contribution in [0.1, 0.15) is 105 Å². The van der Waals surface area contributed by atoms with Crippen molar-refractivity contribution in [3.63, 3.8) is 0 Å². The lowest BCUT2D eigenvalue weighted by molar-refractivity contribution is -0.153. The molecule has 196 valence electrons. The number of phosphoric acid groups is 1. The topological polar surface area (TPSA) is 91.3 Å². The van der Waals surface area contributed by atoms with E-state index in [0.29, 0.717) is 18.6 Å². The predicted octanol–water partition coefficient (Wildman–Crippen LogP) is 6.87. The number of hydrogen-bond donors (Lipinski definition) is 1. The molecule has 1 rings (SSSR count). The molecule has 0 saturated heterocycles. The smallest absolute Gasteiger partial charge is 0.460 e. The van der Waals surface area contributed by atoms with Crippen LogP contribution < -0.4 is 4.52 Å². The second kappa shape index (κ2) is 11.6. The largest absolute Gasteiger partial charge is 0.531 e. The molecule has 1 atom stereocenters. The Kier molecular flexibility index (Phi) is 10.4. The van der Waals surface area contributed by atoms with Crippen LogP contribution in [0.5, 0.6) is 5.75 Å². The number of aryl methyl sites for hydroxylation is 1. The van der Waals surface area contributed by atoms with Gasteiger partial charge < -0.3 is 14.4 Å². The zero-order valence-electron chi connectivity index (χ0n) is 22.9. The quantitative estimate of drug-likeness (QED) is 0.277. The third kappa shape index (κ3) is 11.4. The van der Waals surface area contributed by atoms with Crippen molar-refractivity contribution in [2.45, 2.75) is 118 Å². The molecule has 0 aromatic heterocycles. The average Bonchev–Trinajstić information content (AvgIpc) is 2.53. The molecule has 1 aromatic rings. The molecule has 0 fully saturated rings. The summed E-state index contributed by atoms with van der Waals surface area (Å²) >= 11 is 0. The van der Waals surface area contributed by atoms with Gasteiger partial charge in [0.15, 0.2) is 0 Å². The lowest BCUT2D eigenvalue weighted by atomic mass is 9.88. The van der Waals surface area contributed by atoms with E-state index in [0.717, 1.165) is 16.7 Å². The van der Waals surface area contributed by atoms with Crippen molar-refractivity contribution in [3.8, 4) is 5.75 Å². The first-order valence-electron chi connectivity index (χ1n) is 11.9. The van der Waals surface area contributed by atoms with Gasteiger partial charge in [0.05, 0.1) is 17.6 Å². The molecule has 7 nitrogen and oxygen atoms in total. The number of esters is 1. The molecule has 0 radical (unpaired) electrons. The number of aliphatic hydroxyl groups is 1. The van der Waals surface area contributed by atoms with Crippen molar-refractivity contribution in [3.05, 3.63) is 28.8 Å². The van der Waals surface area contributed by atoms with Crippen molar-refractivity contribution in [2.75, 3.05) is 6.61 Å². The molecule has 1 N–H and O–H groups in total. The van der Waals surface area contributed by atoms with Gasteiger partial charge in [-0.3, -0.25) is 13.8 Å². The Morgan fingerprint density at radius 1 is 0.971 bits per heavy atom. The molecular formula is C26H45O7P. The number of carbonyl (C=O) groups is 1. The van der Waals surface area contributed by atoms with Crippen LogP contribution in [0, 0.1) is 6.92 Å². The molecule has 1 unspecified atom stereocenters.